The summed E-state index contributed by atoms with van der Waals surface area (Å²) in [5.41, 5.74) is 4.28. The summed E-state index contributed by atoms with van der Waals surface area (Å²) in [6.07, 6.45) is 1.66. The summed E-state index contributed by atoms with van der Waals surface area (Å²) >= 11 is 0. The number of benzene rings is 3. The Bertz CT molecular complexity index is 1720. The molecule has 0 aliphatic rings. The highest BCUT2D eigenvalue weighted by molar-refractivity contribution is 6.04. The second-order valence-corrected chi connectivity index (χ2v) is 7.94. The van der Waals surface area contributed by atoms with Crippen LogP contribution in [0.2, 0.25) is 0 Å². The van der Waals surface area contributed by atoms with Gasteiger partial charge in [0.15, 0.2) is 11.2 Å². The lowest BCUT2D eigenvalue weighted by Gasteiger charge is -2.07. The molecular weight excluding hydrogens is 442 g/mol. The summed E-state index contributed by atoms with van der Waals surface area (Å²) in [6.45, 7) is 0. The molecule has 35 heavy (non-hydrogen) atoms. The lowest BCUT2D eigenvalue weighted by molar-refractivity contribution is 0.102. The molecule has 6 aromatic rings. The maximum Gasteiger partial charge on any atom is 0.344 e. The van der Waals surface area contributed by atoms with Crippen LogP contribution in [-0.2, 0) is 0 Å². The van der Waals surface area contributed by atoms with E-state index < -0.39 is 5.63 Å². The summed E-state index contributed by atoms with van der Waals surface area (Å²) in [5.74, 6) is 0.200. The van der Waals surface area contributed by atoms with E-state index in [-0.39, 0.29) is 5.91 Å². The van der Waals surface area contributed by atoms with Gasteiger partial charge in [0.1, 0.15) is 5.58 Å². The lowest BCUT2D eigenvalue weighted by Crippen LogP contribution is -2.11. The van der Waals surface area contributed by atoms with Crippen molar-refractivity contribution in [3.8, 4) is 22.6 Å². The third-order valence-electron chi connectivity index (χ3n) is 5.65. The van der Waals surface area contributed by atoms with Crippen molar-refractivity contribution in [3.63, 3.8) is 0 Å². The van der Waals surface area contributed by atoms with Gasteiger partial charge >= 0.3 is 5.63 Å². The SMILES string of the molecule is O=C(Nc1ccc(-c2nc3ncccc3o2)cc1)c1ccc(-c2cc3ccccc3oc2=O)cc1. The average molecular weight is 459 g/mol. The molecule has 3 heterocycles. The molecule has 0 fully saturated rings. The minimum atomic E-state index is -0.421. The van der Waals surface area contributed by atoms with Gasteiger partial charge in [-0.25, -0.2) is 9.78 Å². The van der Waals surface area contributed by atoms with E-state index >= 15 is 0 Å². The topological polar surface area (TPSA) is 98.2 Å². The first-order valence-corrected chi connectivity index (χ1v) is 10.9. The molecule has 168 valence electrons. The molecule has 1 amide bonds. The van der Waals surface area contributed by atoms with Crippen LogP contribution in [-0.4, -0.2) is 15.9 Å². The zero-order chi connectivity index (χ0) is 23.8. The summed E-state index contributed by atoms with van der Waals surface area (Å²) in [6, 6.07) is 26.8. The van der Waals surface area contributed by atoms with Crippen LogP contribution in [0.3, 0.4) is 0 Å². The van der Waals surface area contributed by atoms with Crippen LogP contribution in [0.15, 0.2) is 111 Å². The molecule has 1 N–H and O–H groups in total. The molecule has 6 rings (SSSR count). The van der Waals surface area contributed by atoms with Gasteiger partial charge in [0.2, 0.25) is 5.89 Å². The molecule has 0 spiro atoms. The quantitative estimate of drug-likeness (QED) is 0.329. The Hall–Kier alpha value is -5.04. The van der Waals surface area contributed by atoms with Crippen molar-refractivity contribution < 1.29 is 13.6 Å². The lowest BCUT2D eigenvalue weighted by atomic mass is 10.0. The first kappa shape index (κ1) is 20.6. The molecule has 0 saturated heterocycles. The highest BCUT2D eigenvalue weighted by Crippen LogP contribution is 2.25. The molecule has 0 atom stereocenters. The van der Waals surface area contributed by atoms with Crippen LogP contribution in [0.25, 0.3) is 44.8 Å². The second-order valence-electron chi connectivity index (χ2n) is 7.94. The number of para-hydroxylation sites is 1. The van der Waals surface area contributed by atoms with Crippen molar-refractivity contribution >= 4 is 33.8 Å². The van der Waals surface area contributed by atoms with Gasteiger partial charge in [-0.15, -0.1) is 0 Å². The van der Waals surface area contributed by atoms with E-state index in [1.807, 2.05) is 36.4 Å². The number of hydrogen-bond acceptors (Lipinski definition) is 6. The molecule has 0 unspecified atom stereocenters. The summed E-state index contributed by atoms with van der Waals surface area (Å²) in [4.78, 5) is 33.7. The van der Waals surface area contributed by atoms with Gasteiger partial charge in [-0.3, -0.25) is 4.79 Å². The van der Waals surface area contributed by atoms with Crippen molar-refractivity contribution in [1.29, 1.82) is 0 Å². The van der Waals surface area contributed by atoms with Gasteiger partial charge < -0.3 is 14.2 Å². The molecule has 7 nitrogen and oxygen atoms in total. The van der Waals surface area contributed by atoms with Crippen LogP contribution >= 0.6 is 0 Å². The molecular formula is C28H17N3O4. The number of hydrogen-bond donors (Lipinski definition) is 1. The summed E-state index contributed by atoms with van der Waals surface area (Å²) < 4.78 is 11.1. The fourth-order valence-electron chi connectivity index (χ4n) is 3.86. The molecule has 3 aromatic carbocycles. The normalized spacial score (nSPS) is 11.1. The maximum absolute atomic E-state index is 12.7. The van der Waals surface area contributed by atoms with Crippen LogP contribution in [0, 0.1) is 0 Å². The Kier molecular flexibility index (Phi) is 4.93. The number of fused-ring (bicyclic) bond motifs is 2. The summed E-state index contributed by atoms with van der Waals surface area (Å²) in [5, 5.41) is 3.71. The van der Waals surface area contributed by atoms with Crippen molar-refractivity contribution in [2.24, 2.45) is 0 Å². The minimum absolute atomic E-state index is 0.263. The van der Waals surface area contributed by atoms with Crippen LogP contribution in [0.5, 0.6) is 0 Å². The molecule has 7 heteroatoms. The first-order valence-electron chi connectivity index (χ1n) is 10.9. The van der Waals surface area contributed by atoms with E-state index in [4.69, 9.17) is 8.83 Å². The van der Waals surface area contributed by atoms with Crippen LogP contribution < -0.4 is 10.9 Å². The second kappa shape index (κ2) is 8.39. The van der Waals surface area contributed by atoms with Gasteiger partial charge in [0.05, 0.1) is 5.56 Å². The van der Waals surface area contributed by atoms with E-state index in [1.54, 1.807) is 60.8 Å². The predicted molar refractivity (Wildman–Crippen MR) is 133 cm³/mol. The van der Waals surface area contributed by atoms with E-state index in [0.717, 1.165) is 10.9 Å². The molecule has 0 bridgehead atoms. The standard InChI is InChI=1S/C28H17N3O4/c32-26(30-21-13-11-19(12-14-21)27-31-25-24(34-27)6-3-15-29-25)18-9-7-17(8-10-18)22-16-20-4-1-2-5-23(20)35-28(22)33/h1-16H,(H,30,32). The monoisotopic (exact) mass is 459 g/mol. The average Bonchev–Trinajstić information content (AvgIpc) is 3.33. The number of carbonyl (C=O) groups excluding carboxylic acids is 1. The molecule has 0 aliphatic heterocycles. The number of oxazole rings is 1. The van der Waals surface area contributed by atoms with Gasteiger partial charge in [0.25, 0.3) is 5.91 Å². The summed E-state index contributed by atoms with van der Waals surface area (Å²) in [7, 11) is 0. The highest BCUT2D eigenvalue weighted by atomic mass is 16.4. The van der Waals surface area contributed by atoms with Crippen molar-refractivity contribution in [1.82, 2.24) is 9.97 Å². The predicted octanol–water partition coefficient (Wildman–Crippen LogP) is 5.92. The van der Waals surface area contributed by atoms with Crippen molar-refractivity contribution in [3.05, 3.63) is 113 Å². The Morgan fingerprint density at radius 1 is 0.771 bits per heavy atom. The Balaban J connectivity index is 1.19. The number of nitrogens with one attached hydrogen (secondary N) is 1. The molecule has 0 aliphatic carbocycles. The number of pyridine rings is 1. The number of aromatic nitrogens is 2. The first-order chi connectivity index (χ1) is 17.1. The number of rotatable bonds is 4. The number of nitrogens with zero attached hydrogens (tertiary/aromatic N) is 2. The fourth-order valence-corrected chi connectivity index (χ4v) is 3.86. The molecule has 0 radical (unpaired) electrons. The fraction of sp³-hybridized carbons (Fsp3) is 0. The van der Waals surface area contributed by atoms with Crippen LogP contribution in [0.1, 0.15) is 10.4 Å². The smallest absolute Gasteiger partial charge is 0.344 e. The Morgan fingerprint density at radius 3 is 2.31 bits per heavy atom. The minimum Gasteiger partial charge on any atom is -0.434 e. The van der Waals surface area contributed by atoms with Gasteiger partial charge in [-0.05, 0) is 66.2 Å². The number of anilines is 1. The third kappa shape index (κ3) is 3.95. The molecule has 3 aromatic heterocycles. The van der Waals surface area contributed by atoms with E-state index in [1.165, 1.54) is 0 Å². The maximum atomic E-state index is 12.7. The van der Waals surface area contributed by atoms with E-state index in [2.05, 4.69) is 15.3 Å². The number of carbonyl (C=O) groups is 1. The van der Waals surface area contributed by atoms with E-state index in [0.29, 0.717) is 45.1 Å². The Labute approximate surface area is 198 Å². The van der Waals surface area contributed by atoms with Crippen molar-refractivity contribution in [2.45, 2.75) is 0 Å². The highest BCUT2D eigenvalue weighted by Gasteiger charge is 2.12. The Morgan fingerprint density at radius 2 is 1.51 bits per heavy atom. The van der Waals surface area contributed by atoms with Crippen molar-refractivity contribution in [2.75, 3.05) is 5.32 Å². The zero-order valence-corrected chi connectivity index (χ0v) is 18.3. The van der Waals surface area contributed by atoms with Gasteiger partial charge in [0, 0.05) is 28.4 Å². The number of amides is 1. The third-order valence-corrected chi connectivity index (χ3v) is 5.65. The molecule has 0 saturated carbocycles. The zero-order valence-electron chi connectivity index (χ0n) is 18.3. The van der Waals surface area contributed by atoms with Gasteiger partial charge in [-0.1, -0.05) is 30.3 Å². The van der Waals surface area contributed by atoms with Crippen LogP contribution in [0.4, 0.5) is 5.69 Å². The van der Waals surface area contributed by atoms with Gasteiger partial charge in [-0.2, -0.15) is 4.98 Å². The largest absolute Gasteiger partial charge is 0.434 e. The van der Waals surface area contributed by atoms with E-state index in [9.17, 15) is 9.59 Å².